The molecule has 0 saturated carbocycles. The molecule has 0 aliphatic heterocycles. The highest BCUT2D eigenvalue weighted by Gasteiger charge is 2.25. The van der Waals surface area contributed by atoms with Crippen molar-refractivity contribution in [3.63, 3.8) is 0 Å². The van der Waals surface area contributed by atoms with Gasteiger partial charge in [0, 0.05) is 30.4 Å². The number of carbonyl (C=O) groups is 1. The summed E-state index contributed by atoms with van der Waals surface area (Å²) in [5.41, 5.74) is 8.25. The van der Waals surface area contributed by atoms with E-state index < -0.39 is 5.97 Å². The van der Waals surface area contributed by atoms with Crippen molar-refractivity contribution in [3.8, 4) is 5.75 Å². The lowest BCUT2D eigenvalue weighted by atomic mass is 9.92. The fourth-order valence-corrected chi connectivity index (χ4v) is 4.50. The second-order valence-corrected chi connectivity index (χ2v) is 7.28. The van der Waals surface area contributed by atoms with Crippen LogP contribution in [0.2, 0.25) is 0 Å². The zero-order valence-corrected chi connectivity index (χ0v) is 17.3. The molecule has 152 valence electrons. The smallest absolute Gasteiger partial charge is 0.325 e. The van der Waals surface area contributed by atoms with Gasteiger partial charge in [0.2, 0.25) is 0 Å². The van der Waals surface area contributed by atoms with E-state index in [-0.39, 0.29) is 6.54 Å². The molecule has 0 saturated heterocycles. The second-order valence-electron chi connectivity index (χ2n) is 7.28. The number of methoxy groups -OCH3 is 2. The van der Waals surface area contributed by atoms with E-state index >= 15 is 0 Å². The lowest BCUT2D eigenvalue weighted by Gasteiger charge is -2.18. The number of hydrogen-bond donors (Lipinski definition) is 1. The quantitative estimate of drug-likeness (QED) is 0.716. The highest BCUT2D eigenvalue weighted by Crippen LogP contribution is 2.38. The van der Waals surface area contributed by atoms with Gasteiger partial charge in [0.05, 0.1) is 19.4 Å². The first-order valence-corrected chi connectivity index (χ1v) is 10.0. The Labute approximate surface area is 166 Å². The first-order chi connectivity index (χ1) is 13.5. The molecule has 1 aliphatic carbocycles. The first kappa shape index (κ1) is 20.4. The van der Waals surface area contributed by atoms with Crippen molar-refractivity contribution in [3.05, 3.63) is 45.3 Å². The Bertz CT molecular complexity index is 870. The lowest BCUT2D eigenvalue weighted by molar-refractivity contribution is -0.137. The van der Waals surface area contributed by atoms with Crippen molar-refractivity contribution in [1.82, 2.24) is 9.78 Å². The fraction of sp³-hybridized carbons (Fsp3) is 0.545. The van der Waals surface area contributed by atoms with Gasteiger partial charge in [0.15, 0.2) is 0 Å². The molecule has 1 N–H and O–H groups in total. The molecule has 6 nitrogen and oxygen atoms in total. The molecule has 3 rings (SSSR count). The van der Waals surface area contributed by atoms with Crippen LogP contribution >= 0.6 is 0 Å². The molecular weight excluding hydrogens is 356 g/mol. The summed E-state index contributed by atoms with van der Waals surface area (Å²) < 4.78 is 12.8. The maximum atomic E-state index is 11.3. The second kappa shape index (κ2) is 8.78. The standard InChI is InChI=1S/C22H30N2O4/c1-5-19-18(20(6-2)24(23-19)12-21(25)26)11-14-10-15(13-27-3)22(28-4)17-9-7-8-16(14)17/h10H,5-9,11-13H2,1-4H3,(H,25,26). The van der Waals surface area contributed by atoms with Gasteiger partial charge in [-0.1, -0.05) is 13.8 Å². The number of carboxylic acids is 1. The number of carboxylic acid groups (broad SMARTS) is 1. The number of aromatic nitrogens is 2. The van der Waals surface area contributed by atoms with Gasteiger partial charge in [-0.15, -0.1) is 0 Å². The van der Waals surface area contributed by atoms with Gasteiger partial charge in [-0.25, -0.2) is 0 Å². The number of benzene rings is 1. The van der Waals surface area contributed by atoms with Gasteiger partial charge >= 0.3 is 5.97 Å². The zero-order valence-electron chi connectivity index (χ0n) is 17.3. The van der Waals surface area contributed by atoms with Crippen molar-refractivity contribution in [2.24, 2.45) is 0 Å². The number of hydrogen-bond acceptors (Lipinski definition) is 4. The van der Waals surface area contributed by atoms with E-state index in [4.69, 9.17) is 9.47 Å². The van der Waals surface area contributed by atoms with Crippen molar-refractivity contribution in [2.75, 3.05) is 14.2 Å². The molecule has 0 spiro atoms. The van der Waals surface area contributed by atoms with E-state index in [9.17, 15) is 9.90 Å². The third-order valence-corrected chi connectivity index (χ3v) is 5.60. The molecule has 0 bridgehead atoms. The summed E-state index contributed by atoms with van der Waals surface area (Å²) in [6.07, 6.45) is 5.55. The molecule has 1 aromatic heterocycles. The van der Waals surface area contributed by atoms with Gasteiger partial charge < -0.3 is 14.6 Å². The Morgan fingerprint density at radius 2 is 1.93 bits per heavy atom. The summed E-state index contributed by atoms with van der Waals surface area (Å²) in [6.45, 7) is 4.56. The van der Waals surface area contributed by atoms with Crippen molar-refractivity contribution < 1.29 is 19.4 Å². The number of fused-ring (bicyclic) bond motifs is 1. The minimum atomic E-state index is -0.862. The van der Waals surface area contributed by atoms with Crippen LogP contribution in [0.4, 0.5) is 0 Å². The number of aliphatic carboxylic acids is 1. The molecule has 2 aromatic rings. The molecule has 6 heteroatoms. The summed E-state index contributed by atoms with van der Waals surface area (Å²) in [7, 11) is 3.43. The molecule has 0 fully saturated rings. The Morgan fingerprint density at radius 1 is 1.18 bits per heavy atom. The van der Waals surface area contributed by atoms with Gasteiger partial charge in [-0.05, 0) is 54.9 Å². The molecule has 0 amide bonds. The predicted molar refractivity (Wildman–Crippen MR) is 107 cm³/mol. The Kier molecular flexibility index (Phi) is 6.39. The van der Waals surface area contributed by atoms with Crippen molar-refractivity contribution in [2.45, 2.75) is 65.5 Å². The molecule has 0 radical (unpaired) electrons. The van der Waals surface area contributed by atoms with Gasteiger partial charge in [-0.2, -0.15) is 5.10 Å². The van der Waals surface area contributed by atoms with Gasteiger partial charge in [0.25, 0.3) is 0 Å². The van der Waals surface area contributed by atoms with E-state index in [1.54, 1.807) is 18.9 Å². The van der Waals surface area contributed by atoms with Gasteiger partial charge in [0.1, 0.15) is 12.3 Å². The highest BCUT2D eigenvalue weighted by molar-refractivity contribution is 5.66. The van der Waals surface area contributed by atoms with Crippen molar-refractivity contribution >= 4 is 5.97 Å². The van der Waals surface area contributed by atoms with Gasteiger partial charge in [-0.3, -0.25) is 9.48 Å². The zero-order chi connectivity index (χ0) is 20.3. The molecule has 0 atom stereocenters. The van der Waals surface area contributed by atoms with Crippen LogP contribution in [0.1, 0.15) is 59.5 Å². The van der Waals surface area contributed by atoms with E-state index in [1.807, 2.05) is 0 Å². The van der Waals surface area contributed by atoms with E-state index in [2.05, 4.69) is 25.0 Å². The molecule has 28 heavy (non-hydrogen) atoms. The van der Waals surface area contributed by atoms with Crippen LogP contribution in [0, 0.1) is 0 Å². The Hall–Kier alpha value is -2.34. The molecule has 1 aliphatic rings. The summed E-state index contributed by atoms with van der Waals surface area (Å²) in [4.78, 5) is 11.3. The number of nitrogens with zero attached hydrogens (tertiary/aromatic N) is 2. The van der Waals surface area contributed by atoms with Crippen LogP contribution in [0.15, 0.2) is 6.07 Å². The Morgan fingerprint density at radius 3 is 2.54 bits per heavy atom. The third-order valence-electron chi connectivity index (χ3n) is 5.60. The third kappa shape index (κ3) is 3.78. The van der Waals surface area contributed by atoms with Crippen LogP contribution in [-0.2, 0) is 54.8 Å². The lowest BCUT2D eigenvalue weighted by Crippen LogP contribution is -2.13. The van der Waals surface area contributed by atoms with Crippen LogP contribution in [0.25, 0.3) is 0 Å². The number of aryl methyl sites for hydroxylation is 1. The topological polar surface area (TPSA) is 73.6 Å². The number of rotatable bonds is 9. The van der Waals surface area contributed by atoms with Crippen LogP contribution < -0.4 is 4.74 Å². The monoisotopic (exact) mass is 386 g/mol. The molecular formula is C22H30N2O4. The van der Waals surface area contributed by atoms with E-state index in [0.717, 1.165) is 61.2 Å². The minimum Gasteiger partial charge on any atom is -0.496 e. The van der Waals surface area contributed by atoms with Crippen LogP contribution in [0.5, 0.6) is 5.75 Å². The van der Waals surface area contributed by atoms with Crippen LogP contribution in [0.3, 0.4) is 0 Å². The maximum absolute atomic E-state index is 11.3. The largest absolute Gasteiger partial charge is 0.496 e. The average Bonchev–Trinajstić information content (AvgIpc) is 3.26. The van der Waals surface area contributed by atoms with Crippen LogP contribution in [-0.4, -0.2) is 35.1 Å². The van der Waals surface area contributed by atoms with Crippen molar-refractivity contribution in [1.29, 1.82) is 0 Å². The minimum absolute atomic E-state index is 0.0915. The molecule has 1 aromatic carbocycles. The molecule has 0 unspecified atom stereocenters. The normalized spacial score (nSPS) is 13.0. The highest BCUT2D eigenvalue weighted by atomic mass is 16.5. The average molecular weight is 386 g/mol. The van der Waals surface area contributed by atoms with E-state index in [1.165, 1.54) is 22.3 Å². The predicted octanol–water partition coefficient (Wildman–Crippen LogP) is 3.33. The van der Waals surface area contributed by atoms with E-state index in [0.29, 0.717) is 6.61 Å². The summed E-state index contributed by atoms with van der Waals surface area (Å²) >= 11 is 0. The maximum Gasteiger partial charge on any atom is 0.325 e. The fourth-order valence-electron chi connectivity index (χ4n) is 4.50. The summed E-state index contributed by atoms with van der Waals surface area (Å²) in [5.74, 6) is 0.102. The SMILES string of the molecule is CCc1nn(CC(=O)O)c(CC)c1Cc1cc(COC)c(OC)c2c1CCC2. The summed E-state index contributed by atoms with van der Waals surface area (Å²) in [6, 6.07) is 2.21. The first-order valence-electron chi connectivity index (χ1n) is 10.0. The Balaban J connectivity index is 2.09. The summed E-state index contributed by atoms with van der Waals surface area (Å²) in [5, 5.41) is 13.8. The molecule has 1 heterocycles. The number of ether oxygens (including phenoxy) is 2.